The molecule has 3 aliphatic heterocycles. The second kappa shape index (κ2) is 12.9. The molecule has 0 aromatic heterocycles. The number of aliphatic hydroxyl groups excluding tert-OH is 1. The first kappa shape index (κ1) is 31.4. The summed E-state index contributed by atoms with van der Waals surface area (Å²) >= 11 is 8.32. The van der Waals surface area contributed by atoms with Crippen molar-refractivity contribution in [3.05, 3.63) is 90.0 Å². The van der Waals surface area contributed by atoms with E-state index in [2.05, 4.69) is 13.2 Å². The fourth-order valence-corrected chi connectivity index (χ4v) is 9.99. The van der Waals surface area contributed by atoms with E-state index in [1.807, 2.05) is 56.3 Å². The first-order valence-corrected chi connectivity index (χ1v) is 16.2. The molecule has 2 aromatic carbocycles. The third-order valence-corrected chi connectivity index (χ3v) is 11.4. The van der Waals surface area contributed by atoms with Crippen molar-refractivity contribution in [3.63, 3.8) is 0 Å². The molecule has 6 atom stereocenters. The lowest BCUT2D eigenvalue weighted by atomic mass is 9.70. The van der Waals surface area contributed by atoms with E-state index in [1.54, 1.807) is 44.7 Å². The van der Waals surface area contributed by atoms with Gasteiger partial charge in [0.15, 0.2) is 0 Å². The fraction of sp³-hybridized carbons (Fsp3) is 0.441. The Bertz CT molecular complexity index is 1380. The summed E-state index contributed by atoms with van der Waals surface area (Å²) in [6.45, 7) is 12.5. The summed E-state index contributed by atoms with van der Waals surface area (Å²) in [5.41, 5.74) is 2.13. The van der Waals surface area contributed by atoms with Crippen molar-refractivity contribution in [2.24, 2.45) is 11.8 Å². The van der Waals surface area contributed by atoms with Crippen LogP contribution in [0.25, 0.3) is 0 Å². The number of carbonyl (C=O) groups excluding carboxylic acids is 3. The molecule has 7 nitrogen and oxygen atoms in total. The average Bonchev–Trinajstić information content (AvgIpc) is 3.64. The topological polar surface area (TPSA) is 81.2 Å². The van der Waals surface area contributed by atoms with Gasteiger partial charge in [-0.15, -0.1) is 24.9 Å². The number of carbonyl (C=O) groups is 3. The van der Waals surface area contributed by atoms with Gasteiger partial charge in [-0.05, 0) is 43.4 Å². The lowest BCUT2D eigenvalue weighted by Crippen LogP contribution is -2.56. The zero-order valence-electron chi connectivity index (χ0n) is 24.8. The Morgan fingerprint density at radius 1 is 1.14 bits per heavy atom. The van der Waals surface area contributed by atoms with Gasteiger partial charge in [0.25, 0.3) is 5.91 Å². The Labute approximate surface area is 263 Å². The number of para-hydroxylation sites is 1. The molecule has 3 heterocycles. The van der Waals surface area contributed by atoms with Crippen molar-refractivity contribution in [2.45, 2.75) is 55.2 Å². The summed E-state index contributed by atoms with van der Waals surface area (Å²) in [6.07, 6.45) is 5.52. The number of thioether (sulfide) groups is 1. The first-order chi connectivity index (χ1) is 20.7. The zero-order chi connectivity index (χ0) is 30.9. The number of rotatable bonds is 12. The van der Waals surface area contributed by atoms with E-state index in [0.717, 1.165) is 24.0 Å². The maximum atomic E-state index is 15.0. The predicted octanol–water partition coefficient (Wildman–Crippen LogP) is 5.42. The third-order valence-electron chi connectivity index (χ3n) is 9.14. The van der Waals surface area contributed by atoms with Crippen molar-refractivity contribution in [1.29, 1.82) is 0 Å². The van der Waals surface area contributed by atoms with Gasteiger partial charge >= 0.3 is 0 Å². The van der Waals surface area contributed by atoms with Crippen molar-refractivity contribution >= 4 is 46.8 Å². The molecule has 0 radical (unpaired) electrons. The monoisotopic (exact) mass is 621 g/mol. The summed E-state index contributed by atoms with van der Waals surface area (Å²) in [4.78, 5) is 48.9. The molecule has 3 saturated heterocycles. The minimum atomic E-state index is -0.912. The molecule has 2 aromatic rings. The second-order valence-electron chi connectivity index (χ2n) is 11.6. The number of aliphatic hydroxyl groups is 1. The summed E-state index contributed by atoms with van der Waals surface area (Å²) < 4.78 is -0.817. The van der Waals surface area contributed by atoms with Gasteiger partial charge in [0, 0.05) is 24.9 Å². The van der Waals surface area contributed by atoms with Gasteiger partial charge in [-0.3, -0.25) is 14.4 Å². The quantitative estimate of drug-likeness (QED) is 0.320. The van der Waals surface area contributed by atoms with Crippen LogP contribution < -0.4 is 4.90 Å². The summed E-state index contributed by atoms with van der Waals surface area (Å²) in [5.74, 6) is -1.82. The van der Waals surface area contributed by atoms with Crippen LogP contribution in [0.1, 0.15) is 43.4 Å². The van der Waals surface area contributed by atoms with E-state index in [-0.39, 0.29) is 36.1 Å². The average molecular weight is 622 g/mol. The van der Waals surface area contributed by atoms with Gasteiger partial charge in [0.1, 0.15) is 6.04 Å². The highest BCUT2D eigenvalue weighted by Gasteiger charge is 2.74. The van der Waals surface area contributed by atoms with Gasteiger partial charge < -0.3 is 19.8 Å². The van der Waals surface area contributed by atoms with Crippen LogP contribution in [0, 0.1) is 18.8 Å². The number of halogens is 1. The molecule has 9 heteroatoms. The molecule has 1 N–H and O–H groups in total. The lowest BCUT2D eigenvalue weighted by Gasteiger charge is -2.40. The van der Waals surface area contributed by atoms with Crippen LogP contribution in [0.4, 0.5) is 5.69 Å². The highest BCUT2D eigenvalue weighted by atomic mass is 35.5. The molecule has 228 valence electrons. The number of hydrogen-bond acceptors (Lipinski definition) is 5. The Hall–Kier alpha value is -3.07. The Morgan fingerprint density at radius 2 is 1.86 bits per heavy atom. The third kappa shape index (κ3) is 5.21. The number of hydrogen-bond donors (Lipinski definition) is 1. The molecule has 1 spiro atoms. The second-order valence-corrected chi connectivity index (χ2v) is 13.6. The molecule has 2 unspecified atom stereocenters. The minimum Gasteiger partial charge on any atom is -0.394 e. The largest absolute Gasteiger partial charge is 0.394 e. The normalized spacial score (nSPS) is 26.2. The molecule has 5 rings (SSSR count). The summed E-state index contributed by atoms with van der Waals surface area (Å²) in [5, 5.41) is 11.2. The zero-order valence-corrected chi connectivity index (χ0v) is 26.4. The standard InChI is InChI=1S/C34H40ClN3O4S/c1-5-18-36(19-6-2)31(40)27-26-16-17-34(43-26)28(27)32(41)38(25(21-39)23-13-9-8-10-14-23)30(34)33(42)37(20-7-3)29-22(4)12-11-15-24(29)35/h5,7-15,25-28,30,39H,1,3,6,16-21H2,2,4H3/t25-,26-,27+,28+,30?,34?/m1/s1. The number of nitrogens with zero attached hydrogens (tertiary/aromatic N) is 3. The van der Waals surface area contributed by atoms with Crippen LogP contribution in [0.3, 0.4) is 0 Å². The molecule has 3 fully saturated rings. The Morgan fingerprint density at radius 3 is 2.49 bits per heavy atom. The number of likely N-dealkylation sites (tertiary alicyclic amines) is 1. The fourth-order valence-electron chi connectivity index (χ4n) is 7.48. The van der Waals surface area contributed by atoms with Crippen molar-refractivity contribution in [1.82, 2.24) is 9.80 Å². The molecular formula is C34H40ClN3O4S. The minimum absolute atomic E-state index is 0.0580. The predicted molar refractivity (Wildman–Crippen MR) is 173 cm³/mol. The number of anilines is 1. The van der Waals surface area contributed by atoms with Crippen LogP contribution in [-0.2, 0) is 14.4 Å². The lowest BCUT2D eigenvalue weighted by molar-refractivity contribution is -0.145. The van der Waals surface area contributed by atoms with Gasteiger partial charge in [0.05, 0.1) is 39.9 Å². The van der Waals surface area contributed by atoms with Crippen LogP contribution >= 0.6 is 23.4 Å². The van der Waals surface area contributed by atoms with E-state index in [1.165, 1.54) is 0 Å². The smallest absolute Gasteiger partial charge is 0.251 e. The van der Waals surface area contributed by atoms with Gasteiger partial charge in [-0.1, -0.05) is 73.1 Å². The molecule has 2 bridgehead atoms. The van der Waals surface area contributed by atoms with Crippen LogP contribution in [0.5, 0.6) is 0 Å². The Balaban J connectivity index is 1.66. The van der Waals surface area contributed by atoms with Crippen molar-refractivity contribution in [2.75, 3.05) is 31.1 Å². The van der Waals surface area contributed by atoms with Crippen LogP contribution in [0.2, 0.25) is 5.02 Å². The molecule has 3 amide bonds. The SMILES string of the molecule is C=CCN(CCC)C(=O)[C@@H]1[C@H]2C(=O)N([C@H](CO)c3ccccc3)C(C(=O)N(CC=C)c3c(C)cccc3Cl)C23CC[C@H]1S3. The van der Waals surface area contributed by atoms with E-state index < -0.39 is 28.7 Å². The number of fused-ring (bicyclic) bond motifs is 1. The van der Waals surface area contributed by atoms with Gasteiger partial charge in [-0.25, -0.2) is 0 Å². The van der Waals surface area contributed by atoms with Crippen LogP contribution in [0.15, 0.2) is 73.8 Å². The van der Waals surface area contributed by atoms with Gasteiger partial charge in [-0.2, -0.15) is 0 Å². The van der Waals surface area contributed by atoms with Crippen LogP contribution in [-0.4, -0.2) is 74.9 Å². The molecule has 0 aliphatic carbocycles. The maximum absolute atomic E-state index is 15.0. The van der Waals surface area contributed by atoms with Gasteiger partial charge in [0.2, 0.25) is 11.8 Å². The molecule has 3 aliphatic rings. The molecular weight excluding hydrogens is 582 g/mol. The number of aryl methyl sites for hydroxylation is 1. The number of benzene rings is 2. The van der Waals surface area contributed by atoms with E-state index in [9.17, 15) is 14.7 Å². The summed E-state index contributed by atoms with van der Waals surface area (Å²) in [7, 11) is 0. The highest BCUT2D eigenvalue weighted by Crippen LogP contribution is 2.67. The van der Waals surface area contributed by atoms with E-state index in [4.69, 9.17) is 11.6 Å². The van der Waals surface area contributed by atoms with Crippen molar-refractivity contribution in [3.8, 4) is 0 Å². The van der Waals surface area contributed by atoms with E-state index >= 15 is 4.79 Å². The maximum Gasteiger partial charge on any atom is 0.251 e. The molecule has 0 saturated carbocycles. The highest BCUT2D eigenvalue weighted by molar-refractivity contribution is 8.02. The van der Waals surface area contributed by atoms with Crippen molar-refractivity contribution < 1.29 is 19.5 Å². The molecule has 43 heavy (non-hydrogen) atoms. The Kier molecular flexibility index (Phi) is 9.40. The number of amides is 3. The van der Waals surface area contributed by atoms with E-state index in [0.29, 0.717) is 30.2 Å². The first-order valence-electron chi connectivity index (χ1n) is 15.0. The summed E-state index contributed by atoms with van der Waals surface area (Å²) in [6, 6.07) is 13.1.